The van der Waals surface area contributed by atoms with E-state index in [1.165, 1.54) is 0 Å². The van der Waals surface area contributed by atoms with Crippen LogP contribution in [0.4, 0.5) is 0 Å². The van der Waals surface area contributed by atoms with Gasteiger partial charge in [0.05, 0.1) is 6.04 Å². The fraction of sp³-hybridized carbons (Fsp3) is 0.429. The molecule has 2 unspecified atom stereocenters. The molecular formula is C14H16N2O3. The van der Waals surface area contributed by atoms with Crippen LogP contribution in [0.25, 0.3) is 0 Å². The standard InChI is InChI=1S/C14H16N2O3/c1-8-2-3-10-9(6-8)7-16(14(10)19)11-4-5-12(17)15-13(11)18/h2-3,6,11,14,19H,4-5,7H2,1H3,(H,15,17,18). The van der Waals surface area contributed by atoms with Crippen LogP contribution in [0.15, 0.2) is 18.2 Å². The number of benzene rings is 1. The summed E-state index contributed by atoms with van der Waals surface area (Å²) >= 11 is 0. The minimum absolute atomic E-state index is 0.233. The van der Waals surface area contributed by atoms with E-state index in [2.05, 4.69) is 5.32 Å². The van der Waals surface area contributed by atoms with E-state index >= 15 is 0 Å². The molecule has 2 heterocycles. The summed E-state index contributed by atoms with van der Waals surface area (Å²) in [6.45, 7) is 2.55. The summed E-state index contributed by atoms with van der Waals surface area (Å²) in [4.78, 5) is 24.8. The summed E-state index contributed by atoms with van der Waals surface area (Å²) < 4.78 is 0. The van der Waals surface area contributed by atoms with E-state index in [1.807, 2.05) is 25.1 Å². The lowest BCUT2D eigenvalue weighted by molar-refractivity contribution is -0.141. The Morgan fingerprint density at radius 1 is 1.37 bits per heavy atom. The highest BCUT2D eigenvalue weighted by atomic mass is 16.3. The monoisotopic (exact) mass is 260 g/mol. The van der Waals surface area contributed by atoms with E-state index in [1.54, 1.807) is 4.90 Å². The average molecular weight is 260 g/mol. The van der Waals surface area contributed by atoms with E-state index in [0.29, 0.717) is 19.4 Å². The zero-order valence-electron chi connectivity index (χ0n) is 10.7. The highest BCUT2D eigenvalue weighted by Gasteiger charge is 2.39. The molecule has 0 aromatic heterocycles. The van der Waals surface area contributed by atoms with Crippen LogP contribution in [0.1, 0.15) is 35.8 Å². The zero-order chi connectivity index (χ0) is 13.6. The van der Waals surface area contributed by atoms with Gasteiger partial charge < -0.3 is 5.11 Å². The quantitative estimate of drug-likeness (QED) is 0.726. The summed E-state index contributed by atoms with van der Waals surface area (Å²) in [5.74, 6) is -0.539. The molecule has 2 amide bonds. The van der Waals surface area contributed by atoms with Crippen molar-refractivity contribution in [2.24, 2.45) is 0 Å². The van der Waals surface area contributed by atoms with Gasteiger partial charge in [-0.3, -0.25) is 19.8 Å². The molecule has 0 bridgehead atoms. The molecule has 5 nitrogen and oxygen atoms in total. The van der Waals surface area contributed by atoms with Crippen molar-refractivity contribution in [3.8, 4) is 0 Å². The molecular weight excluding hydrogens is 244 g/mol. The molecule has 19 heavy (non-hydrogen) atoms. The third-order valence-corrected chi connectivity index (χ3v) is 3.85. The predicted molar refractivity (Wildman–Crippen MR) is 67.9 cm³/mol. The number of amides is 2. The number of fused-ring (bicyclic) bond motifs is 1. The largest absolute Gasteiger partial charge is 0.374 e. The van der Waals surface area contributed by atoms with Crippen molar-refractivity contribution in [2.45, 2.75) is 38.6 Å². The molecule has 2 atom stereocenters. The van der Waals surface area contributed by atoms with Gasteiger partial charge in [0.25, 0.3) is 0 Å². The molecule has 1 fully saturated rings. The van der Waals surface area contributed by atoms with Crippen LogP contribution >= 0.6 is 0 Å². The molecule has 1 aromatic carbocycles. The van der Waals surface area contributed by atoms with Gasteiger partial charge in [-0.1, -0.05) is 23.8 Å². The van der Waals surface area contributed by atoms with Crippen LogP contribution in [0, 0.1) is 6.92 Å². The molecule has 100 valence electrons. The number of rotatable bonds is 1. The molecule has 2 aliphatic heterocycles. The van der Waals surface area contributed by atoms with E-state index < -0.39 is 12.3 Å². The molecule has 0 aliphatic carbocycles. The van der Waals surface area contributed by atoms with Gasteiger partial charge in [-0.25, -0.2) is 0 Å². The smallest absolute Gasteiger partial charge is 0.244 e. The normalized spacial score (nSPS) is 27.3. The minimum Gasteiger partial charge on any atom is -0.374 e. The van der Waals surface area contributed by atoms with Gasteiger partial charge in [-0.05, 0) is 24.5 Å². The van der Waals surface area contributed by atoms with Gasteiger partial charge in [-0.15, -0.1) is 0 Å². The van der Waals surface area contributed by atoms with Crippen molar-refractivity contribution in [1.29, 1.82) is 0 Å². The second-order valence-electron chi connectivity index (χ2n) is 5.22. The number of hydrogen-bond donors (Lipinski definition) is 2. The first-order chi connectivity index (χ1) is 9.06. The summed E-state index contributed by atoms with van der Waals surface area (Å²) in [6.07, 6.45) is 0.0310. The number of piperidine rings is 1. The molecule has 2 N–H and O–H groups in total. The van der Waals surface area contributed by atoms with Crippen molar-refractivity contribution in [2.75, 3.05) is 0 Å². The number of hydrogen-bond acceptors (Lipinski definition) is 4. The molecule has 3 rings (SSSR count). The van der Waals surface area contributed by atoms with Crippen molar-refractivity contribution < 1.29 is 14.7 Å². The number of nitrogens with zero attached hydrogens (tertiary/aromatic N) is 1. The number of carbonyl (C=O) groups excluding carboxylic acids is 2. The first-order valence-electron chi connectivity index (χ1n) is 6.43. The number of aryl methyl sites for hydroxylation is 1. The highest BCUT2D eigenvalue weighted by molar-refractivity contribution is 6.00. The van der Waals surface area contributed by atoms with Gasteiger partial charge in [0.15, 0.2) is 0 Å². The topological polar surface area (TPSA) is 69.6 Å². The fourth-order valence-corrected chi connectivity index (χ4v) is 2.86. The number of aliphatic hydroxyl groups excluding tert-OH is 1. The van der Waals surface area contributed by atoms with Crippen molar-refractivity contribution in [3.05, 3.63) is 34.9 Å². The summed E-state index contributed by atoms with van der Waals surface area (Å²) in [5.41, 5.74) is 3.04. The third-order valence-electron chi connectivity index (χ3n) is 3.85. The molecule has 1 aromatic rings. The number of imide groups is 1. The second-order valence-corrected chi connectivity index (χ2v) is 5.22. The van der Waals surface area contributed by atoms with Crippen LogP contribution in [0.5, 0.6) is 0 Å². The van der Waals surface area contributed by atoms with E-state index in [9.17, 15) is 14.7 Å². The van der Waals surface area contributed by atoms with E-state index in [0.717, 1.165) is 16.7 Å². The summed E-state index contributed by atoms with van der Waals surface area (Å²) in [6, 6.07) is 5.46. The Morgan fingerprint density at radius 3 is 2.89 bits per heavy atom. The first-order valence-corrected chi connectivity index (χ1v) is 6.43. The van der Waals surface area contributed by atoms with Gasteiger partial charge in [0, 0.05) is 13.0 Å². The number of aliphatic hydroxyl groups is 1. The molecule has 5 heteroatoms. The van der Waals surface area contributed by atoms with Crippen molar-refractivity contribution >= 4 is 11.8 Å². The Bertz CT molecular complexity index is 556. The summed E-state index contributed by atoms with van der Waals surface area (Å²) in [5, 5.41) is 12.7. The maximum Gasteiger partial charge on any atom is 0.244 e. The van der Waals surface area contributed by atoms with E-state index in [4.69, 9.17) is 0 Å². The van der Waals surface area contributed by atoms with Crippen molar-refractivity contribution in [3.63, 3.8) is 0 Å². The fourth-order valence-electron chi connectivity index (χ4n) is 2.86. The molecule has 0 radical (unpaired) electrons. The SMILES string of the molecule is Cc1ccc2c(c1)CN(C1CCC(=O)NC1=O)C2O. The Hall–Kier alpha value is -1.72. The Balaban J connectivity index is 1.85. The molecule has 2 aliphatic rings. The first kappa shape index (κ1) is 12.3. The number of carbonyl (C=O) groups is 2. The third kappa shape index (κ3) is 2.05. The average Bonchev–Trinajstić information content (AvgIpc) is 2.66. The van der Waals surface area contributed by atoms with Crippen molar-refractivity contribution in [1.82, 2.24) is 10.2 Å². The lowest BCUT2D eigenvalue weighted by Crippen LogP contribution is -2.51. The lowest BCUT2D eigenvalue weighted by atomic mass is 10.0. The Kier molecular flexibility index (Phi) is 2.88. The minimum atomic E-state index is -0.764. The lowest BCUT2D eigenvalue weighted by Gasteiger charge is -2.31. The Labute approximate surface area is 111 Å². The van der Waals surface area contributed by atoms with Gasteiger partial charge in [-0.2, -0.15) is 0 Å². The number of nitrogens with one attached hydrogen (secondary N) is 1. The summed E-state index contributed by atoms with van der Waals surface area (Å²) in [7, 11) is 0. The second kappa shape index (κ2) is 4.43. The van der Waals surface area contributed by atoms with E-state index in [-0.39, 0.29) is 11.8 Å². The van der Waals surface area contributed by atoms with Crippen LogP contribution in [0.3, 0.4) is 0 Å². The van der Waals surface area contributed by atoms with Crippen LogP contribution in [0.2, 0.25) is 0 Å². The van der Waals surface area contributed by atoms with Gasteiger partial charge in [0.2, 0.25) is 11.8 Å². The van der Waals surface area contributed by atoms with Crippen LogP contribution in [-0.2, 0) is 16.1 Å². The molecule has 0 spiro atoms. The van der Waals surface area contributed by atoms with Gasteiger partial charge >= 0.3 is 0 Å². The molecule has 1 saturated heterocycles. The maximum absolute atomic E-state index is 11.9. The highest BCUT2D eigenvalue weighted by Crippen LogP contribution is 2.35. The van der Waals surface area contributed by atoms with Gasteiger partial charge in [0.1, 0.15) is 6.23 Å². The van der Waals surface area contributed by atoms with Crippen LogP contribution in [-0.4, -0.2) is 27.9 Å². The zero-order valence-corrected chi connectivity index (χ0v) is 10.7. The predicted octanol–water partition coefficient (Wildman–Crippen LogP) is 0.607. The van der Waals surface area contributed by atoms with Crippen LogP contribution < -0.4 is 5.32 Å². The maximum atomic E-state index is 11.9. The Morgan fingerprint density at radius 2 is 2.16 bits per heavy atom. The molecule has 0 saturated carbocycles.